The van der Waals surface area contributed by atoms with Crippen LogP contribution in [-0.2, 0) is 37.4 Å². The number of hydrogen-bond donors (Lipinski definition) is 2. The van der Waals surface area contributed by atoms with Crippen LogP contribution in [0.15, 0.2) is 60.8 Å². The summed E-state index contributed by atoms with van der Waals surface area (Å²) >= 11 is 0. The van der Waals surface area contributed by atoms with Crippen LogP contribution < -0.4 is 5.73 Å². The Morgan fingerprint density at radius 2 is 1.20 bits per heavy atom. The molecule has 4 atom stereocenters. The first-order valence-electron chi connectivity index (χ1n) is 20.9. The van der Waals surface area contributed by atoms with Gasteiger partial charge in [0.05, 0.1) is 25.4 Å². The van der Waals surface area contributed by atoms with E-state index in [9.17, 15) is 19.0 Å². The van der Waals surface area contributed by atoms with E-state index in [1.807, 2.05) is 6.08 Å². The van der Waals surface area contributed by atoms with E-state index in [4.69, 9.17) is 29.0 Å². The van der Waals surface area contributed by atoms with Gasteiger partial charge in [-0.2, -0.15) is 0 Å². The summed E-state index contributed by atoms with van der Waals surface area (Å²) in [5.74, 6) is -0.916. The highest BCUT2D eigenvalue weighted by Crippen LogP contribution is 2.43. The molecule has 0 aromatic heterocycles. The number of carbonyl (C=O) groups is 2. The average molecular weight is 780 g/mol. The summed E-state index contributed by atoms with van der Waals surface area (Å²) in [6, 6.07) is 0. The molecule has 0 aromatic carbocycles. The van der Waals surface area contributed by atoms with Gasteiger partial charge in [-0.15, -0.1) is 0 Å². The molecule has 3 N–H and O–H groups in total. The molecule has 0 aromatic rings. The van der Waals surface area contributed by atoms with Crippen molar-refractivity contribution in [1.29, 1.82) is 0 Å². The van der Waals surface area contributed by atoms with Crippen molar-refractivity contribution in [2.45, 2.75) is 173 Å². The lowest BCUT2D eigenvalue weighted by atomic mass is 10.1. The van der Waals surface area contributed by atoms with Gasteiger partial charge >= 0.3 is 19.8 Å². The largest absolute Gasteiger partial charge is 0.472 e. The van der Waals surface area contributed by atoms with Crippen molar-refractivity contribution in [2.24, 2.45) is 5.73 Å². The van der Waals surface area contributed by atoms with Crippen LogP contribution in [-0.4, -0.2) is 61.5 Å². The van der Waals surface area contributed by atoms with Crippen LogP contribution in [0.25, 0.3) is 0 Å². The second kappa shape index (κ2) is 35.1. The first-order valence-corrected chi connectivity index (χ1v) is 22.4. The van der Waals surface area contributed by atoms with E-state index in [1.165, 1.54) is 44.9 Å². The second-order valence-electron chi connectivity index (χ2n) is 13.9. The molecule has 1 heterocycles. The molecule has 0 aliphatic carbocycles. The second-order valence-corrected chi connectivity index (χ2v) is 15.3. The summed E-state index contributed by atoms with van der Waals surface area (Å²) in [6.07, 6.45) is 43.0. The van der Waals surface area contributed by atoms with Crippen molar-refractivity contribution < 1.29 is 42.3 Å². The Kier molecular flexibility index (Phi) is 32.3. The van der Waals surface area contributed by atoms with Crippen LogP contribution >= 0.6 is 7.82 Å². The minimum Gasteiger partial charge on any atom is -0.462 e. The quantitative estimate of drug-likeness (QED) is 0.0205. The van der Waals surface area contributed by atoms with E-state index in [2.05, 4.69) is 68.5 Å². The molecule has 0 spiro atoms. The standard InChI is InChI=1S/C43H74NO9P/c1-3-5-7-8-9-10-11-12-13-14-15-19-22-25-29-33-42(45)49-37-39(38-51-54(47,48)50-36-35-44)52-43(46)34-30-26-23-20-17-16-18-21-24-28-32-41-40(53-41)31-27-6-4-2/h6,12-13,16,18,20,23-24,27-28,39-41H,3-5,7-11,14-15,17,19,21-22,25-26,29-38,44H2,1-2H3,(H,47,48)/b13-12-,18-16-,23-20-,27-6-,28-24-. The van der Waals surface area contributed by atoms with E-state index < -0.39 is 32.5 Å². The van der Waals surface area contributed by atoms with Crippen LogP contribution in [0.3, 0.4) is 0 Å². The highest BCUT2D eigenvalue weighted by Gasteiger charge is 2.36. The minimum atomic E-state index is -4.40. The van der Waals surface area contributed by atoms with Crippen LogP contribution in [0.4, 0.5) is 0 Å². The van der Waals surface area contributed by atoms with Crippen molar-refractivity contribution in [3.63, 3.8) is 0 Å². The summed E-state index contributed by atoms with van der Waals surface area (Å²) in [7, 11) is -4.40. The summed E-state index contributed by atoms with van der Waals surface area (Å²) in [5.41, 5.74) is 5.34. The third-order valence-electron chi connectivity index (χ3n) is 8.79. The van der Waals surface area contributed by atoms with Crippen molar-refractivity contribution in [1.82, 2.24) is 0 Å². The molecule has 1 rings (SSSR count). The number of nitrogens with two attached hydrogens (primary N) is 1. The first kappa shape index (κ1) is 49.7. The third-order valence-corrected chi connectivity index (χ3v) is 9.77. The number of unbranched alkanes of at least 4 members (excludes halogenated alkanes) is 12. The SMILES string of the molecule is CC/C=C\CC1OC1C/C=C\C/C=C\C/C=C\CCCC(=O)OC(COC(=O)CCCCCCC/C=C\CCCCCCCC)COP(=O)(O)OCCN. The van der Waals surface area contributed by atoms with E-state index in [1.54, 1.807) is 0 Å². The van der Waals surface area contributed by atoms with Gasteiger partial charge < -0.3 is 24.8 Å². The fraction of sp³-hybridized carbons (Fsp3) is 0.721. The Bertz CT molecular complexity index is 1140. The van der Waals surface area contributed by atoms with Gasteiger partial charge in [0.25, 0.3) is 0 Å². The maximum absolute atomic E-state index is 12.6. The molecule has 1 fully saturated rings. The number of rotatable bonds is 37. The smallest absolute Gasteiger partial charge is 0.462 e. The molecule has 10 nitrogen and oxygen atoms in total. The average Bonchev–Trinajstić information content (AvgIpc) is 3.91. The maximum atomic E-state index is 12.6. The zero-order chi connectivity index (χ0) is 39.4. The lowest BCUT2D eigenvalue weighted by Gasteiger charge is -2.19. The molecule has 1 saturated heterocycles. The normalized spacial score (nSPS) is 17.7. The molecule has 4 unspecified atom stereocenters. The highest BCUT2D eigenvalue weighted by atomic mass is 31.2. The lowest BCUT2D eigenvalue weighted by molar-refractivity contribution is -0.161. The van der Waals surface area contributed by atoms with Gasteiger partial charge in [-0.3, -0.25) is 18.6 Å². The van der Waals surface area contributed by atoms with E-state index in [0.29, 0.717) is 31.5 Å². The number of epoxide rings is 1. The molecular weight excluding hydrogens is 705 g/mol. The summed E-state index contributed by atoms with van der Waals surface area (Å²) in [5, 5.41) is 0. The number of hydrogen-bond acceptors (Lipinski definition) is 9. The van der Waals surface area contributed by atoms with Crippen LogP contribution in [0, 0.1) is 0 Å². The van der Waals surface area contributed by atoms with Gasteiger partial charge in [0.15, 0.2) is 6.10 Å². The molecule has 0 amide bonds. The van der Waals surface area contributed by atoms with Gasteiger partial charge in [0, 0.05) is 19.4 Å². The Labute approximate surface area is 327 Å². The van der Waals surface area contributed by atoms with Crippen LogP contribution in [0.1, 0.15) is 155 Å². The number of allylic oxidation sites excluding steroid dienone is 8. The molecule has 310 valence electrons. The number of phosphoric ester groups is 1. The van der Waals surface area contributed by atoms with Crippen LogP contribution in [0.5, 0.6) is 0 Å². The van der Waals surface area contributed by atoms with Gasteiger partial charge in [-0.05, 0) is 77.0 Å². The van der Waals surface area contributed by atoms with Crippen molar-refractivity contribution >= 4 is 19.8 Å². The molecule has 1 aliphatic rings. The highest BCUT2D eigenvalue weighted by molar-refractivity contribution is 7.47. The Morgan fingerprint density at radius 3 is 1.85 bits per heavy atom. The molecule has 54 heavy (non-hydrogen) atoms. The third kappa shape index (κ3) is 32.0. The van der Waals surface area contributed by atoms with Crippen molar-refractivity contribution in [3.05, 3.63) is 60.8 Å². The van der Waals surface area contributed by atoms with Gasteiger partial charge in [-0.1, -0.05) is 126 Å². The van der Waals surface area contributed by atoms with E-state index in [-0.39, 0.29) is 32.6 Å². The zero-order valence-corrected chi connectivity index (χ0v) is 34.5. The number of ether oxygens (including phenoxy) is 3. The van der Waals surface area contributed by atoms with Gasteiger partial charge in [-0.25, -0.2) is 4.57 Å². The molecule has 0 saturated carbocycles. The van der Waals surface area contributed by atoms with Crippen LogP contribution in [0.2, 0.25) is 0 Å². The molecule has 0 radical (unpaired) electrons. The van der Waals surface area contributed by atoms with Gasteiger partial charge in [0.1, 0.15) is 6.61 Å². The number of carbonyl (C=O) groups excluding carboxylic acids is 2. The van der Waals surface area contributed by atoms with Crippen molar-refractivity contribution in [2.75, 3.05) is 26.4 Å². The summed E-state index contributed by atoms with van der Waals surface area (Å²) in [4.78, 5) is 34.8. The number of phosphoric acid groups is 1. The topological polar surface area (TPSA) is 147 Å². The fourth-order valence-corrected chi connectivity index (χ4v) is 6.35. The lowest BCUT2D eigenvalue weighted by Crippen LogP contribution is -2.29. The monoisotopic (exact) mass is 780 g/mol. The fourth-order valence-electron chi connectivity index (χ4n) is 5.59. The first-order chi connectivity index (χ1) is 26.3. The Balaban J connectivity index is 2.24. The van der Waals surface area contributed by atoms with Crippen molar-refractivity contribution in [3.8, 4) is 0 Å². The van der Waals surface area contributed by atoms with E-state index >= 15 is 0 Å². The zero-order valence-electron chi connectivity index (χ0n) is 33.6. The van der Waals surface area contributed by atoms with E-state index in [0.717, 1.165) is 64.2 Å². The number of esters is 2. The molecule has 0 bridgehead atoms. The minimum absolute atomic E-state index is 0.0387. The Hall–Kier alpha value is -2.33. The maximum Gasteiger partial charge on any atom is 0.472 e. The van der Waals surface area contributed by atoms with Gasteiger partial charge in [0.2, 0.25) is 0 Å². The predicted molar refractivity (Wildman–Crippen MR) is 219 cm³/mol. The summed E-state index contributed by atoms with van der Waals surface area (Å²) in [6.45, 7) is 3.51. The molecule has 11 heteroatoms. The Morgan fingerprint density at radius 1 is 0.667 bits per heavy atom. The molecular formula is C43H74NO9P. The summed E-state index contributed by atoms with van der Waals surface area (Å²) < 4.78 is 38.3. The molecule has 1 aliphatic heterocycles. The predicted octanol–water partition coefficient (Wildman–Crippen LogP) is 10.7.